The number of alkyl halides is 1. The molecule has 1 aromatic carbocycles. The zero-order valence-corrected chi connectivity index (χ0v) is 13.5. The van der Waals surface area contributed by atoms with Crippen LogP contribution in [-0.2, 0) is 6.42 Å². The van der Waals surface area contributed by atoms with Gasteiger partial charge in [-0.25, -0.2) is 4.98 Å². The summed E-state index contributed by atoms with van der Waals surface area (Å²) >= 11 is 9.41. The van der Waals surface area contributed by atoms with Crippen LogP contribution in [0.4, 0.5) is 0 Å². The molecule has 0 aliphatic carbocycles. The quantitative estimate of drug-likeness (QED) is 0.568. The average Bonchev–Trinajstić information content (AvgIpc) is 3.09. The van der Waals surface area contributed by atoms with Gasteiger partial charge in [0.1, 0.15) is 5.01 Å². The minimum atomic E-state index is 0.633. The lowest BCUT2D eigenvalue weighted by Gasteiger charge is -1.96. The highest BCUT2D eigenvalue weighted by molar-refractivity contribution is 7.17. The van der Waals surface area contributed by atoms with Crippen LogP contribution in [0, 0.1) is 6.92 Å². The van der Waals surface area contributed by atoms with Crippen molar-refractivity contribution in [2.24, 2.45) is 0 Å². The van der Waals surface area contributed by atoms with Crippen molar-refractivity contribution < 1.29 is 0 Å². The summed E-state index contributed by atoms with van der Waals surface area (Å²) in [4.78, 5) is 7.34. The molecule has 0 unspecified atom stereocenters. The van der Waals surface area contributed by atoms with Crippen molar-refractivity contribution in [3.05, 3.63) is 52.2 Å². The van der Waals surface area contributed by atoms with Gasteiger partial charge >= 0.3 is 0 Å². The van der Waals surface area contributed by atoms with Crippen molar-refractivity contribution >= 4 is 34.3 Å². The number of aromatic nitrogens is 1. The highest BCUT2D eigenvalue weighted by Gasteiger charge is 2.14. The Morgan fingerprint density at radius 1 is 1.15 bits per heavy atom. The number of hydrogen-bond acceptors (Lipinski definition) is 3. The van der Waals surface area contributed by atoms with Gasteiger partial charge in [-0.3, -0.25) is 0 Å². The van der Waals surface area contributed by atoms with Gasteiger partial charge in [0.05, 0.1) is 10.6 Å². The molecular weight excluding hydrogens is 306 g/mol. The second kappa shape index (κ2) is 6.08. The van der Waals surface area contributed by atoms with Crippen LogP contribution in [0.1, 0.15) is 10.4 Å². The van der Waals surface area contributed by atoms with Crippen molar-refractivity contribution in [3.63, 3.8) is 0 Å². The summed E-state index contributed by atoms with van der Waals surface area (Å²) < 4.78 is 0. The molecule has 0 N–H and O–H groups in total. The molecule has 0 amide bonds. The molecular formula is C16H14ClNS2. The van der Waals surface area contributed by atoms with Crippen LogP contribution < -0.4 is 0 Å². The second-order valence-corrected chi connectivity index (χ2v) is 6.98. The van der Waals surface area contributed by atoms with Gasteiger partial charge in [0.2, 0.25) is 0 Å². The molecule has 1 nitrogen and oxygen atoms in total. The van der Waals surface area contributed by atoms with E-state index in [1.165, 1.54) is 20.9 Å². The van der Waals surface area contributed by atoms with Gasteiger partial charge < -0.3 is 0 Å². The number of benzene rings is 1. The van der Waals surface area contributed by atoms with Gasteiger partial charge in [-0.05, 0) is 24.8 Å². The Hall–Kier alpha value is -1.16. The van der Waals surface area contributed by atoms with Crippen LogP contribution in [0.25, 0.3) is 21.1 Å². The van der Waals surface area contributed by atoms with Gasteiger partial charge in [0, 0.05) is 16.3 Å². The van der Waals surface area contributed by atoms with Crippen LogP contribution >= 0.6 is 34.3 Å². The fourth-order valence-corrected chi connectivity index (χ4v) is 4.22. The molecule has 0 spiro atoms. The summed E-state index contributed by atoms with van der Waals surface area (Å²) in [5.41, 5.74) is 3.55. The molecule has 4 heteroatoms. The van der Waals surface area contributed by atoms with Gasteiger partial charge in [-0.15, -0.1) is 34.3 Å². The molecule has 2 heterocycles. The Kier molecular flexibility index (Phi) is 4.20. The van der Waals surface area contributed by atoms with Crippen molar-refractivity contribution in [3.8, 4) is 21.1 Å². The van der Waals surface area contributed by atoms with Crippen LogP contribution in [0.15, 0.2) is 41.8 Å². The van der Waals surface area contributed by atoms with Crippen molar-refractivity contribution in [1.82, 2.24) is 4.98 Å². The summed E-state index contributed by atoms with van der Waals surface area (Å²) in [6, 6.07) is 12.7. The molecule has 20 heavy (non-hydrogen) atoms. The standard InChI is InChI=1S/C16H14ClNS2/c1-11-4-6-12(7-5-11)16-18-15(13-3-2-10-19-13)14(20-16)8-9-17/h2-7,10H,8-9H2,1H3. The van der Waals surface area contributed by atoms with Gasteiger partial charge in [-0.1, -0.05) is 35.9 Å². The van der Waals surface area contributed by atoms with Crippen molar-refractivity contribution in [1.29, 1.82) is 0 Å². The van der Waals surface area contributed by atoms with Crippen LogP contribution in [-0.4, -0.2) is 10.9 Å². The van der Waals surface area contributed by atoms with E-state index in [4.69, 9.17) is 16.6 Å². The third kappa shape index (κ3) is 2.80. The first kappa shape index (κ1) is 13.8. The molecule has 0 aliphatic rings. The smallest absolute Gasteiger partial charge is 0.124 e. The summed E-state index contributed by atoms with van der Waals surface area (Å²) in [6.07, 6.45) is 0.873. The lowest BCUT2D eigenvalue weighted by Crippen LogP contribution is -1.84. The fourth-order valence-electron chi connectivity index (χ4n) is 2.03. The summed E-state index contributed by atoms with van der Waals surface area (Å²) in [5.74, 6) is 0.633. The molecule has 2 aromatic heterocycles. The maximum atomic E-state index is 5.93. The Balaban J connectivity index is 2.05. The Labute approximate surface area is 131 Å². The van der Waals surface area contributed by atoms with Crippen LogP contribution in [0.5, 0.6) is 0 Å². The van der Waals surface area contributed by atoms with E-state index in [0.717, 1.165) is 17.1 Å². The first-order chi connectivity index (χ1) is 9.78. The predicted octanol–water partition coefficient (Wildman–Crippen LogP) is 5.63. The third-order valence-electron chi connectivity index (χ3n) is 3.07. The maximum Gasteiger partial charge on any atom is 0.124 e. The number of aryl methyl sites for hydroxylation is 2. The number of halogens is 1. The highest BCUT2D eigenvalue weighted by Crippen LogP contribution is 2.36. The molecule has 0 saturated heterocycles. The summed E-state index contributed by atoms with van der Waals surface area (Å²) in [7, 11) is 0. The van der Waals surface area contributed by atoms with E-state index in [0.29, 0.717) is 5.88 Å². The first-order valence-corrected chi connectivity index (χ1v) is 8.67. The minimum absolute atomic E-state index is 0.633. The number of hydrogen-bond donors (Lipinski definition) is 0. The lowest BCUT2D eigenvalue weighted by atomic mass is 10.2. The Bertz CT molecular complexity index is 684. The topological polar surface area (TPSA) is 12.9 Å². The number of rotatable bonds is 4. The summed E-state index contributed by atoms with van der Waals surface area (Å²) in [6.45, 7) is 2.10. The van der Waals surface area contributed by atoms with Crippen LogP contribution in [0.2, 0.25) is 0 Å². The normalized spacial score (nSPS) is 10.9. The van der Waals surface area contributed by atoms with E-state index < -0.39 is 0 Å². The van der Waals surface area contributed by atoms with Gasteiger partial charge in [-0.2, -0.15) is 0 Å². The van der Waals surface area contributed by atoms with E-state index in [1.807, 2.05) is 0 Å². The number of nitrogens with zero attached hydrogens (tertiary/aromatic N) is 1. The molecule has 0 radical (unpaired) electrons. The van der Waals surface area contributed by atoms with Crippen molar-refractivity contribution in [2.75, 3.05) is 5.88 Å². The minimum Gasteiger partial charge on any atom is -0.235 e. The summed E-state index contributed by atoms with van der Waals surface area (Å²) in [5, 5.41) is 3.17. The number of thiophene rings is 1. The molecule has 0 saturated carbocycles. The zero-order chi connectivity index (χ0) is 13.9. The van der Waals surface area contributed by atoms with E-state index in [1.54, 1.807) is 22.7 Å². The Morgan fingerprint density at radius 2 is 1.95 bits per heavy atom. The first-order valence-electron chi connectivity index (χ1n) is 6.44. The maximum absolute atomic E-state index is 5.93. The van der Waals surface area contributed by atoms with Gasteiger partial charge in [0.15, 0.2) is 0 Å². The second-order valence-electron chi connectivity index (χ2n) is 4.57. The predicted molar refractivity (Wildman–Crippen MR) is 90.0 cm³/mol. The molecule has 0 aliphatic heterocycles. The van der Waals surface area contributed by atoms with Gasteiger partial charge in [0.25, 0.3) is 0 Å². The highest BCUT2D eigenvalue weighted by atomic mass is 35.5. The molecule has 3 rings (SSSR count). The third-order valence-corrected chi connectivity index (χ3v) is 5.30. The van der Waals surface area contributed by atoms with E-state index in [9.17, 15) is 0 Å². The van der Waals surface area contributed by atoms with Crippen LogP contribution in [0.3, 0.4) is 0 Å². The molecule has 0 fully saturated rings. The monoisotopic (exact) mass is 319 g/mol. The Morgan fingerprint density at radius 3 is 2.60 bits per heavy atom. The molecule has 0 bridgehead atoms. The zero-order valence-electron chi connectivity index (χ0n) is 11.1. The van der Waals surface area contributed by atoms with Crippen molar-refractivity contribution in [2.45, 2.75) is 13.3 Å². The molecule has 3 aromatic rings. The SMILES string of the molecule is Cc1ccc(-c2nc(-c3cccs3)c(CCCl)s2)cc1. The van der Waals surface area contributed by atoms with E-state index >= 15 is 0 Å². The molecule has 102 valence electrons. The lowest BCUT2D eigenvalue weighted by molar-refractivity contribution is 1.18. The average molecular weight is 320 g/mol. The number of thiazole rings is 1. The molecule has 0 atom stereocenters. The fraction of sp³-hybridized carbons (Fsp3) is 0.188. The van der Waals surface area contributed by atoms with E-state index in [2.05, 4.69) is 48.7 Å². The largest absolute Gasteiger partial charge is 0.235 e. The van der Waals surface area contributed by atoms with E-state index in [-0.39, 0.29) is 0 Å².